The molecule has 0 bridgehead atoms. The lowest BCUT2D eigenvalue weighted by molar-refractivity contribution is -0.121. The van der Waals surface area contributed by atoms with Crippen molar-refractivity contribution < 1.29 is 23.5 Å². The molecule has 2 aromatic rings. The third-order valence-electron chi connectivity index (χ3n) is 4.06. The molecular formula is C20H16FN3O4S. The number of amides is 2. The first-order valence-corrected chi connectivity index (χ1v) is 9.63. The molecule has 1 aliphatic heterocycles. The van der Waals surface area contributed by atoms with Crippen molar-refractivity contribution in [2.75, 3.05) is 29.1 Å². The van der Waals surface area contributed by atoms with E-state index < -0.39 is 24.3 Å². The van der Waals surface area contributed by atoms with Gasteiger partial charge in [0.25, 0.3) is 5.91 Å². The molecular weight excluding hydrogens is 397 g/mol. The van der Waals surface area contributed by atoms with E-state index in [9.17, 15) is 18.8 Å². The minimum absolute atomic E-state index is 0.0687. The van der Waals surface area contributed by atoms with Crippen LogP contribution < -0.4 is 10.2 Å². The molecule has 0 spiro atoms. The first-order chi connectivity index (χ1) is 14.0. The maximum atomic E-state index is 13.1. The van der Waals surface area contributed by atoms with Gasteiger partial charge in [-0.05, 0) is 42.5 Å². The number of hydrogen-bond acceptors (Lipinski definition) is 6. The molecule has 0 aliphatic carbocycles. The van der Waals surface area contributed by atoms with Gasteiger partial charge in [-0.3, -0.25) is 9.59 Å². The van der Waals surface area contributed by atoms with Crippen molar-refractivity contribution in [3.8, 4) is 6.07 Å². The van der Waals surface area contributed by atoms with Gasteiger partial charge in [0, 0.05) is 17.1 Å². The van der Waals surface area contributed by atoms with E-state index in [1.807, 2.05) is 6.07 Å². The first-order valence-electron chi connectivity index (χ1n) is 8.64. The molecule has 0 atom stereocenters. The van der Waals surface area contributed by atoms with Crippen LogP contribution in [0.1, 0.15) is 16.8 Å². The molecule has 0 fully saturated rings. The van der Waals surface area contributed by atoms with Gasteiger partial charge in [-0.2, -0.15) is 5.26 Å². The van der Waals surface area contributed by atoms with E-state index in [0.29, 0.717) is 17.1 Å². The summed E-state index contributed by atoms with van der Waals surface area (Å²) in [6, 6.07) is 11.9. The summed E-state index contributed by atoms with van der Waals surface area (Å²) in [4.78, 5) is 38.5. The molecule has 0 aromatic heterocycles. The number of rotatable bonds is 6. The molecule has 0 saturated heterocycles. The van der Waals surface area contributed by atoms with Crippen molar-refractivity contribution in [2.45, 2.75) is 11.3 Å². The number of hydrogen-bond donors (Lipinski definition) is 1. The number of ether oxygens (including phenoxy) is 1. The Labute approximate surface area is 170 Å². The Morgan fingerprint density at radius 3 is 2.72 bits per heavy atom. The van der Waals surface area contributed by atoms with Crippen LogP contribution in [0.2, 0.25) is 0 Å². The second-order valence-corrected chi connectivity index (χ2v) is 7.07. The summed E-state index contributed by atoms with van der Waals surface area (Å²) in [6.07, 6.45) is 0.0687. The van der Waals surface area contributed by atoms with Crippen LogP contribution in [0.5, 0.6) is 0 Å². The fourth-order valence-electron chi connectivity index (χ4n) is 2.68. The van der Waals surface area contributed by atoms with Crippen LogP contribution in [0, 0.1) is 17.1 Å². The van der Waals surface area contributed by atoms with Gasteiger partial charge in [0.1, 0.15) is 5.82 Å². The number of anilines is 2. The molecule has 9 heteroatoms. The molecule has 0 unspecified atom stereocenters. The van der Waals surface area contributed by atoms with Gasteiger partial charge in [-0.1, -0.05) is 0 Å². The Kier molecular flexibility index (Phi) is 6.46. The van der Waals surface area contributed by atoms with E-state index in [0.717, 1.165) is 4.90 Å². The van der Waals surface area contributed by atoms with Crippen molar-refractivity contribution in [2.24, 2.45) is 0 Å². The Hall–Kier alpha value is -3.38. The third kappa shape index (κ3) is 5.12. The Morgan fingerprint density at radius 2 is 2.00 bits per heavy atom. The minimum atomic E-state index is -0.717. The lowest BCUT2D eigenvalue weighted by Crippen LogP contribution is -2.35. The Balaban J connectivity index is 1.67. The van der Waals surface area contributed by atoms with E-state index in [2.05, 4.69) is 5.32 Å². The maximum Gasteiger partial charge on any atom is 0.338 e. The fraction of sp³-hybridized carbons (Fsp3) is 0.200. The number of nitriles is 1. The molecule has 1 N–H and O–H groups in total. The van der Waals surface area contributed by atoms with Crippen LogP contribution in [0.3, 0.4) is 0 Å². The highest BCUT2D eigenvalue weighted by molar-refractivity contribution is 8.00. The van der Waals surface area contributed by atoms with Crippen molar-refractivity contribution in [1.29, 1.82) is 5.26 Å². The molecule has 2 amide bonds. The van der Waals surface area contributed by atoms with Crippen molar-refractivity contribution in [3.63, 3.8) is 0 Å². The normalized spacial score (nSPS) is 12.3. The Bertz CT molecular complexity index is 988. The fourth-order valence-corrected chi connectivity index (χ4v) is 3.47. The van der Waals surface area contributed by atoms with E-state index >= 15 is 0 Å². The molecule has 1 aliphatic rings. The molecule has 3 rings (SSSR count). The number of halogens is 1. The maximum absolute atomic E-state index is 13.1. The quantitative estimate of drug-likeness (QED) is 0.731. The topological polar surface area (TPSA) is 99.5 Å². The number of benzene rings is 2. The highest BCUT2D eigenvalue weighted by Gasteiger charge is 2.20. The summed E-state index contributed by atoms with van der Waals surface area (Å²) in [5, 5.41) is 11.5. The number of carbonyl (C=O) groups excluding carboxylic acids is 3. The van der Waals surface area contributed by atoms with Gasteiger partial charge >= 0.3 is 5.97 Å². The van der Waals surface area contributed by atoms with E-state index in [-0.39, 0.29) is 24.4 Å². The van der Waals surface area contributed by atoms with Gasteiger partial charge in [-0.25, -0.2) is 9.18 Å². The second kappa shape index (κ2) is 9.21. The van der Waals surface area contributed by atoms with Crippen LogP contribution >= 0.6 is 11.8 Å². The summed E-state index contributed by atoms with van der Waals surface area (Å²) < 4.78 is 18.2. The van der Waals surface area contributed by atoms with Crippen molar-refractivity contribution in [1.82, 2.24) is 0 Å². The largest absolute Gasteiger partial charge is 0.452 e. The minimum Gasteiger partial charge on any atom is -0.452 e. The highest BCUT2D eigenvalue weighted by Crippen LogP contribution is 2.32. The highest BCUT2D eigenvalue weighted by atomic mass is 32.2. The third-order valence-corrected chi connectivity index (χ3v) is 5.13. The average Bonchev–Trinajstić information content (AvgIpc) is 2.72. The zero-order valence-corrected chi connectivity index (χ0v) is 16.0. The summed E-state index contributed by atoms with van der Waals surface area (Å²) in [5.41, 5.74) is 1.12. The Morgan fingerprint density at radius 1 is 1.24 bits per heavy atom. The lowest BCUT2D eigenvalue weighted by Gasteiger charge is -2.21. The van der Waals surface area contributed by atoms with Gasteiger partial charge < -0.3 is 15.0 Å². The summed E-state index contributed by atoms with van der Waals surface area (Å²) in [5.74, 6) is -1.55. The van der Waals surface area contributed by atoms with Crippen LogP contribution in [0.4, 0.5) is 15.8 Å². The zero-order valence-electron chi connectivity index (χ0n) is 15.2. The molecule has 7 nitrogen and oxygen atoms in total. The second-order valence-electron chi connectivity index (χ2n) is 6.05. The summed E-state index contributed by atoms with van der Waals surface area (Å²) >= 11 is 1.37. The number of esters is 1. The number of thioether (sulfide) groups is 1. The van der Waals surface area contributed by atoms with Gasteiger partial charge in [0.15, 0.2) is 6.61 Å². The number of nitrogens with zero attached hydrogens (tertiary/aromatic N) is 2. The zero-order chi connectivity index (χ0) is 20.8. The van der Waals surface area contributed by atoms with E-state index in [1.165, 1.54) is 47.0 Å². The molecule has 2 aromatic carbocycles. The van der Waals surface area contributed by atoms with Crippen LogP contribution in [-0.2, 0) is 14.3 Å². The number of carbonyl (C=O) groups is 3. The number of nitrogens with one attached hydrogen (secondary N) is 1. The molecule has 29 heavy (non-hydrogen) atoms. The van der Waals surface area contributed by atoms with Crippen LogP contribution in [0.15, 0.2) is 47.4 Å². The van der Waals surface area contributed by atoms with Crippen LogP contribution in [0.25, 0.3) is 0 Å². The van der Waals surface area contributed by atoms with Crippen molar-refractivity contribution >= 4 is 40.9 Å². The monoisotopic (exact) mass is 413 g/mol. The first kappa shape index (κ1) is 20.4. The van der Waals surface area contributed by atoms with Crippen LogP contribution in [-0.4, -0.2) is 36.7 Å². The smallest absolute Gasteiger partial charge is 0.338 e. The predicted molar refractivity (Wildman–Crippen MR) is 105 cm³/mol. The lowest BCUT2D eigenvalue weighted by atomic mass is 10.2. The number of fused-ring (bicyclic) bond motifs is 1. The predicted octanol–water partition coefficient (Wildman–Crippen LogP) is 2.97. The van der Waals surface area contributed by atoms with Gasteiger partial charge in [-0.15, -0.1) is 11.8 Å². The molecule has 0 saturated carbocycles. The van der Waals surface area contributed by atoms with E-state index in [4.69, 9.17) is 10.00 Å². The van der Waals surface area contributed by atoms with E-state index in [1.54, 1.807) is 12.1 Å². The molecule has 0 radical (unpaired) electrons. The molecule has 1 heterocycles. The SMILES string of the molecule is N#CCCN(C(=O)COC(=O)c1ccc2c(c1)NC(=O)CS2)c1ccc(F)cc1. The van der Waals surface area contributed by atoms with Gasteiger partial charge in [0.2, 0.25) is 5.91 Å². The summed E-state index contributed by atoms with van der Waals surface area (Å²) in [7, 11) is 0. The summed E-state index contributed by atoms with van der Waals surface area (Å²) in [6.45, 7) is -0.458. The average molecular weight is 413 g/mol. The van der Waals surface area contributed by atoms with Crippen molar-refractivity contribution in [3.05, 3.63) is 53.8 Å². The standard InChI is InChI=1S/C20H16FN3O4S/c21-14-3-5-15(6-4-14)24(9-1-8-22)19(26)11-28-20(27)13-2-7-17-16(10-13)23-18(25)12-29-17/h2-7,10H,1,9,11-12H2,(H,23,25). The molecule has 148 valence electrons. The van der Waals surface area contributed by atoms with Gasteiger partial charge in [0.05, 0.1) is 29.5 Å².